The van der Waals surface area contributed by atoms with Crippen molar-refractivity contribution in [3.05, 3.63) is 29.6 Å². The maximum Gasteiger partial charge on any atom is 0.0552 e. The topological polar surface area (TPSA) is 59.1 Å². The molecule has 0 aliphatic carbocycles. The number of aliphatic hydroxyl groups excluding tert-OH is 1. The van der Waals surface area contributed by atoms with Crippen LogP contribution in [0.4, 0.5) is 0 Å². The van der Waals surface area contributed by atoms with E-state index in [1.165, 1.54) is 0 Å². The number of rotatable bonds is 3. The molecule has 1 atom stereocenters. The SMILES string of the molecule is Cc1ccnc(C(C)(CN)CO)c1. The zero-order valence-corrected chi connectivity index (χ0v) is 8.12. The molecule has 0 aliphatic rings. The maximum atomic E-state index is 9.21. The van der Waals surface area contributed by atoms with Crippen LogP contribution in [-0.2, 0) is 5.41 Å². The number of aromatic nitrogens is 1. The van der Waals surface area contributed by atoms with Crippen molar-refractivity contribution >= 4 is 0 Å². The summed E-state index contributed by atoms with van der Waals surface area (Å²) in [6.07, 6.45) is 1.74. The first-order valence-corrected chi connectivity index (χ1v) is 4.36. The Kier molecular flexibility index (Phi) is 3.01. The standard InChI is InChI=1S/C10H16N2O/c1-8-3-4-12-9(5-8)10(2,6-11)7-13/h3-5,13H,6-7,11H2,1-2H3. The van der Waals surface area contributed by atoms with E-state index < -0.39 is 5.41 Å². The number of aryl methyl sites for hydroxylation is 1. The predicted octanol–water partition coefficient (Wildman–Crippen LogP) is 0.599. The first-order valence-electron chi connectivity index (χ1n) is 4.36. The number of hydrogen-bond acceptors (Lipinski definition) is 3. The van der Waals surface area contributed by atoms with Crippen molar-refractivity contribution in [1.82, 2.24) is 4.98 Å². The molecular formula is C10H16N2O. The van der Waals surface area contributed by atoms with Crippen LogP contribution in [0.3, 0.4) is 0 Å². The first kappa shape index (κ1) is 10.2. The van der Waals surface area contributed by atoms with Crippen molar-refractivity contribution in [2.45, 2.75) is 19.3 Å². The highest BCUT2D eigenvalue weighted by Crippen LogP contribution is 2.19. The van der Waals surface area contributed by atoms with E-state index in [0.717, 1.165) is 11.3 Å². The average Bonchev–Trinajstić information content (AvgIpc) is 2.17. The van der Waals surface area contributed by atoms with Crippen LogP contribution >= 0.6 is 0 Å². The van der Waals surface area contributed by atoms with Gasteiger partial charge in [-0.05, 0) is 24.6 Å². The van der Waals surface area contributed by atoms with Gasteiger partial charge in [0.15, 0.2) is 0 Å². The highest BCUT2D eigenvalue weighted by molar-refractivity contribution is 5.22. The van der Waals surface area contributed by atoms with Gasteiger partial charge in [-0.3, -0.25) is 4.98 Å². The molecule has 0 fully saturated rings. The van der Waals surface area contributed by atoms with E-state index in [2.05, 4.69) is 4.98 Å². The van der Waals surface area contributed by atoms with E-state index in [9.17, 15) is 5.11 Å². The van der Waals surface area contributed by atoms with Gasteiger partial charge in [-0.2, -0.15) is 0 Å². The lowest BCUT2D eigenvalue weighted by Gasteiger charge is -2.24. The highest BCUT2D eigenvalue weighted by Gasteiger charge is 2.25. The van der Waals surface area contributed by atoms with Crippen molar-refractivity contribution in [1.29, 1.82) is 0 Å². The average molecular weight is 180 g/mol. The zero-order valence-electron chi connectivity index (χ0n) is 8.12. The minimum absolute atomic E-state index is 0.0277. The molecule has 0 aromatic carbocycles. The lowest BCUT2D eigenvalue weighted by Crippen LogP contribution is -2.36. The molecule has 3 nitrogen and oxygen atoms in total. The van der Waals surface area contributed by atoms with Crippen LogP contribution < -0.4 is 5.73 Å². The van der Waals surface area contributed by atoms with E-state index >= 15 is 0 Å². The molecule has 1 aromatic heterocycles. The summed E-state index contributed by atoms with van der Waals surface area (Å²) in [7, 11) is 0. The highest BCUT2D eigenvalue weighted by atomic mass is 16.3. The van der Waals surface area contributed by atoms with Crippen LogP contribution in [0, 0.1) is 6.92 Å². The summed E-state index contributed by atoms with van der Waals surface area (Å²) in [5, 5.41) is 9.21. The largest absolute Gasteiger partial charge is 0.395 e. The lowest BCUT2D eigenvalue weighted by molar-refractivity contribution is 0.207. The summed E-state index contributed by atoms with van der Waals surface area (Å²) in [5.41, 5.74) is 7.18. The number of nitrogens with zero attached hydrogens (tertiary/aromatic N) is 1. The summed E-state index contributed by atoms with van der Waals surface area (Å²) >= 11 is 0. The minimum atomic E-state index is -0.411. The minimum Gasteiger partial charge on any atom is -0.395 e. The van der Waals surface area contributed by atoms with E-state index in [4.69, 9.17) is 5.73 Å². The molecule has 0 saturated carbocycles. The molecule has 1 rings (SSSR count). The van der Waals surface area contributed by atoms with Gasteiger partial charge in [-0.15, -0.1) is 0 Å². The summed E-state index contributed by atoms with van der Waals surface area (Å²) in [6, 6.07) is 3.89. The Morgan fingerprint density at radius 1 is 1.62 bits per heavy atom. The summed E-state index contributed by atoms with van der Waals surface area (Å²) in [6.45, 7) is 4.34. The van der Waals surface area contributed by atoms with Crippen LogP contribution in [0.1, 0.15) is 18.2 Å². The van der Waals surface area contributed by atoms with Gasteiger partial charge < -0.3 is 10.8 Å². The smallest absolute Gasteiger partial charge is 0.0552 e. The molecule has 0 bridgehead atoms. The second kappa shape index (κ2) is 3.85. The second-order valence-electron chi connectivity index (χ2n) is 3.64. The molecule has 0 aliphatic heterocycles. The Morgan fingerprint density at radius 3 is 2.77 bits per heavy atom. The molecule has 3 N–H and O–H groups in total. The Labute approximate surface area is 78.6 Å². The predicted molar refractivity (Wildman–Crippen MR) is 52.5 cm³/mol. The third-order valence-electron chi connectivity index (χ3n) is 2.33. The van der Waals surface area contributed by atoms with Crippen molar-refractivity contribution in [2.75, 3.05) is 13.2 Å². The molecule has 0 spiro atoms. The van der Waals surface area contributed by atoms with Crippen molar-refractivity contribution in [2.24, 2.45) is 5.73 Å². The molecule has 1 heterocycles. The third kappa shape index (κ3) is 2.05. The quantitative estimate of drug-likeness (QED) is 0.716. The van der Waals surface area contributed by atoms with E-state index in [1.54, 1.807) is 6.20 Å². The van der Waals surface area contributed by atoms with Crippen LogP contribution in [0.15, 0.2) is 18.3 Å². The van der Waals surface area contributed by atoms with Gasteiger partial charge in [0.1, 0.15) is 0 Å². The molecule has 72 valence electrons. The summed E-state index contributed by atoms with van der Waals surface area (Å²) in [4.78, 5) is 4.21. The van der Waals surface area contributed by atoms with Crippen LogP contribution in [0.25, 0.3) is 0 Å². The molecule has 0 radical (unpaired) electrons. The number of aliphatic hydroxyl groups is 1. The zero-order chi connectivity index (χ0) is 9.90. The normalized spacial score (nSPS) is 15.4. The second-order valence-corrected chi connectivity index (χ2v) is 3.64. The van der Waals surface area contributed by atoms with E-state index in [0.29, 0.717) is 6.54 Å². The Hall–Kier alpha value is -0.930. The van der Waals surface area contributed by atoms with Gasteiger partial charge in [0, 0.05) is 18.2 Å². The lowest BCUT2D eigenvalue weighted by atomic mass is 9.87. The van der Waals surface area contributed by atoms with Crippen LogP contribution in [-0.4, -0.2) is 23.2 Å². The van der Waals surface area contributed by atoms with Crippen molar-refractivity contribution in [3.8, 4) is 0 Å². The first-order chi connectivity index (χ1) is 6.12. The Bertz CT molecular complexity index is 282. The molecule has 1 aromatic rings. The van der Waals surface area contributed by atoms with Gasteiger partial charge >= 0.3 is 0 Å². The fourth-order valence-electron chi connectivity index (χ4n) is 1.12. The van der Waals surface area contributed by atoms with Gasteiger partial charge in [-0.1, -0.05) is 6.92 Å². The Balaban J connectivity index is 3.05. The molecule has 3 heteroatoms. The molecule has 0 amide bonds. The number of nitrogens with two attached hydrogens (primary N) is 1. The number of hydrogen-bond donors (Lipinski definition) is 2. The monoisotopic (exact) mass is 180 g/mol. The maximum absolute atomic E-state index is 9.21. The summed E-state index contributed by atoms with van der Waals surface area (Å²) in [5.74, 6) is 0. The molecule has 0 saturated heterocycles. The fraction of sp³-hybridized carbons (Fsp3) is 0.500. The van der Waals surface area contributed by atoms with Crippen LogP contribution in [0.2, 0.25) is 0 Å². The van der Waals surface area contributed by atoms with Gasteiger partial charge in [0.05, 0.1) is 12.3 Å². The molecule has 1 unspecified atom stereocenters. The van der Waals surface area contributed by atoms with Gasteiger partial charge in [0.2, 0.25) is 0 Å². The molecule has 13 heavy (non-hydrogen) atoms. The van der Waals surface area contributed by atoms with Crippen molar-refractivity contribution < 1.29 is 5.11 Å². The van der Waals surface area contributed by atoms with E-state index in [-0.39, 0.29) is 6.61 Å². The van der Waals surface area contributed by atoms with Gasteiger partial charge in [0.25, 0.3) is 0 Å². The van der Waals surface area contributed by atoms with Gasteiger partial charge in [-0.25, -0.2) is 0 Å². The van der Waals surface area contributed by atoms with Crippen LogP contribution in [0.5, 0.6) is 0 Å². The third-order valence-corrected chi connectivity index (χ3v) is 2.33. The number of pyridine rings is 1. The summed E-state index contributed by atoms with van der Waals surface area (Å²) < 4.78 is 0. The van der Waals surface area contributed by atoms with Crippen molar-refractivity contribution in [3.63, 3.8) is 0 Å². The Morgan fingerprint density at radius 2 is 2.31 bits per heavy atom. The fourth-order valence-corrected chi connectivity index (χ4v) is 1.12. The molecular weight excluding hydrogens is 164 g/mol. The van der Waals surface area contributed by atoms with E-state index in [1.807, 2.05) is 26.0 Å².